The van der Waals surface area contributed by atoms with Crippen LogP contribution in [0.5, 0.6) is 0 Å². The summed E-state index contributed by atoms with van der Waals surface area (Å²) in [5.74, 6) is 0.346. The third-order valence-electron chi connectivity index (χ3n) is 3.84. The van der Waals surface area contributed by atoms with Crippen molar-refractivity contribution in [3.63, 3.8) is 0 Å². The predicted octanol–water partition coefficient (Wildman–Crippen LogP) is 3.82. The van der Waals surface area contributed by atoms with Gasteiger partial charge in [0.25, 0.3) is 0 Å². The molecule has 2 aromatic carbocycles. The van der Waals surface area contributed by atoms with E-state index in [9.17, 15) is 4.39 Å². The van der Waals surface area contributed by atoms with Crippen molar-refractivity contribution in [3.05, 3.63) is 71.5 Å². The molecule has 1 fully saturated rings. The van der Waals surface area contributed by atoms with Crippen LogP contribution < -0.4 is 0 Å². The fraction of sp³-hybridized carbons (Fsp3) is 0.294. The molecule has 2 heteroatoms. The van der Waals surface area contributed by atoms with E-state index in [-0.39, 0.29) is 5.82 Å². The first-order chi connectivity index (χ1) is 9.31. The summed E-state index contributed by atoms with van der Waals surface area (Å²) >= 11 is 0. The number of halogens is 1. The van der Waals surface area contributed by atoms with E-state index in [4.69, 9.17) is 0 Å². The van der Waals surface area contributed by atoms with Crippen molar-refractivity contribution in [1.82, 2.24) is 4.90 Å². The van der Waals surface area contributed by atoms with E-state index in [0.717, 1.165) is 31.6 Å². The van der Waals surface area contributed by atoms with Gasteiger partial charge in [-0.1, -0.05) is 42.5 Å². The van der Waals surface area contributed by atoms with Crippen LogP contribution in [0.2, 0.25) is 0 Å². The number of nitrogens with zero attached hydrogens (tertiary/aromatic N) is 1. The van der Waals surface area contributed by atoms with E-state index in [2.05, 4.69) is 29.2 Å². The summed E-state index contributed by atoms with van der Waals surface area (Å²) < 4.78 is 13.3. The summed E-state index contributed by atoms with van der Waals surface area (Å²) in [6, 6.07) is 17.6. The Kier molecular flexibility index (Phi) is 3.60. The summed E-state index contributed by atoms with van der Waals surface area (Å²) in [5.41, 5.74) is 2.48. The molecule has 0 N–H and O–H groups in total. The molecule has 2 aromatic rings. The molecular weight excluding hydrogens is 237 g/mol. The van der Waals surface area contributed by atoms with E-state index in [0.29, 0.717) is 5.92 Å². The van der Waals surface area contributed by atoms with Gasteiger partial charge in [0.1, 0.15) is 5.82 Å². The van der Waals surface area contributed by atoms with Gasteiger partial charge < -0.3 is 0 Å². The maximum atomic E-state index is 13.3. The van der Waals surface area contributed by atoms with Crippen molar-refractivity contribution in [3.8, 4) is 0 Å². The molecule has 0 aromatic heterocycles. The summed E-state index contributed by atoms with van der Waals surface area (Å²) in [7, 11) is 0. The molecule has 1 aliphatic rings. The van der Waals surface area contributed by atoms with Crippen molar-refractivity contribution in [2.75, 3.05) is 13.1 Å². The molecular formula is C17H18FN. The van der Waals surface area contributed by atoms with E-state index in [1.54, 1.807) is 6.07 Å². The average molecular weight is 255 g/mol. The Morgan fingerprint density at radius 3 is 2.68 bits per heavy atom. The molecule has 1 atom stereocenters. The molecule has 1 aliphatic heterocycles. The molecule has 0 amide bonds. The van der Waals surface area contributed by atoms with Gasteiger partial charge in [0.05, 0.1) is 0 Å². The van der Waals surface area contributed by atoms with Gasteiger partial charge in [-0.25, -0.2) is 4.39 Å². The van der Waals surface area contributed by atoms with Crippen molar-refractivity contribution in [2.45, 2.75) is 18.9 Å². The molecule has 0 bridgehead atoms. The minimum atomic E-state index is -0.126. The van der Waals surface area contributed by atoms with Crippen LogP contribution in [0, 0.1) is 5.82 Å². The number of likely N-dealkylation sites (tertiary alicyclic amines) is 1. The average Bonchev–Trinajstić information content (AvgIpc) is 2.88. The number of hydrogen-bond donors (Lipinski definition) is 0. The molecule has 1 heterocycles. The molecule has 1 saturated heterocycles. The van der Waals surface area contributed by atoms with Crippen LogP contribution in [-0.4, -0.2) is 18.0 Å². The maximum absolute atomic E-state index is 13.3. The van der Waals surface area contributed by atoms with Crippen LogP contribution in [0.3, 0.4) is 0 Å². The second-order valence-corrected chi connectivity index (χ2v) is 5.26. The van der Waals surface area contributed by atoms with Gasteiger partial charge in [-0.15, -0.1) is 0 Å². The van der Waals surface area contributed by atoms with Gasteiger partial charge in [-0.3, -0.25) is 4.90 Å². The first-order valence-electron chi connectivity index (χ1n) is 6.83. The molecule has 0 spiro atoms. The van der Waals surface area contributed by atoms with Crippen LogP contribution >= 0.6 is 0 Å². The molecule has 19 heavy (non-hydrogen) atoms. The lowest BCUT2D eigenvalue weighted by atomic mass is 9.98. The van der Waals surface area contributed by atoms with Gasteiger partial charge in [-0.05, 0) is 42.1 Å². The quantitative estimate of drug-likeness (QED) is 0.806. The zero-order chi connectivity index (χ0) is 13.1. The standard InChI is InChI=1S/C17H18FN/c18-17-8-4-7-15(11-17)16-9-10-19(13-16)12-14-5-2-1-3-6-14/h1-8,11,16H,9-10,12-13H2. The Morgan fingerprint density at radius 2 is 1.89 bits per heavy atom. The molecule has 1 nitrogen and oxygen atoms in total. The van der Waals surface area contributed by atoms with E-state index in [1.165, 1.54) is 11.6 Å². The molecule has 0 saturated carbocycles. The second-order valence-electron chi connectivity index (χ2n) is 5.26. The molecule has 0 aliphatic carbocycles. The van der Waals surface area contributed by atoms with Crippen molar-refractivity contribution in [1.29, 1.82) is 0 Å². The minimum Gasteiger partial charge on any atom is -0.298 e. The normalized spacial score (nSPS) is 19.7. The highest BCUT2D eigenvalue weighted by molar-refractivity contribution is 5.22. The Morgan fingerprint density at radius 1 is 1.05 bits per heavy atom. The lowest BCUT2D eigenvalue weighted by molar-refractivity contribution is 0.327. The number of rotatable bonds is 3. The highest BCUT2D eigenvalue weighted by Gasteiger charge is 2.23. The fourth-order valence-electron chi connectivity index (χ4n) is 2.85. The molecule has 3 rings (SSSR count). The SMILES string of the molecule is Fc1cccc(C2CCN(Cc3ccccc3)C2)c1. The van der Waals surface area contributed by atoms with Gasteiger partial charge in [0, 0.05) is 13.1 Å². The largest absolute Gasteiger partial charge is 0.298 e. The minimum absolute atomic E-state index is 0.126. The Labute approximate surface area is 113 Å². The number of benzene rings is 2. The van der Waals surface area contributed by atoms with Crippen molar-refractivity contribution in [2.24, 2.45) is 0 Å². The van der Waals surface area contributed by atoms with Gasteiger partial charge in [-0.2, -0.15) is 0 Å². The van der Waals surface area contributed by atoms with Gasteiger partial charge in [0.15, 0.2) is 0 Å². The van der Waals surface area contributed by atoms with Crippen LogP contribution in [0.15, 0.2) is 54.6 Å². The predicted molar refractivity (Wildman–Crippen MR) is 75.5 cm³/mol. The van der Waals surface area contributed by atoms with Crippen LogP contribution in [0.25, 0.3) is 0 Å². The lowest BCUT2D eigenvalue weighted by Crippen LogP contribution is -2.19. The Bertz CT molecular complexity index is 538. The van der Waals surface area contributed by atoms with Gasteiger partial charge >= 0.3 is 0 Å². The summed E-state index contributed by atoms with van der Waals surface area (Å²) in [5, 5.41) is 0. The summed E-state index contributed by atoms with van der Waals surface area (Å²) in [6.07, 6.45) is 1.12. The third kappa shape index (κ3) is 3.02. The second kappa shape index (κ2) is 5.54. The zero-order valence-corrected chi connectivity index (χ0v) is 10.9. The molecule has 98 valence electrons. The maximum Gasteiger partial charge on any atom is 0.123 e. The topological polar surface area (TPSA) is 3.24 Å². The van der Waals surface area contributed by atoms with Crippen LogP contribution in [0.1, 0.15) is 23.5 Å². The summed E-state index contributed by atoms with van der Waals surface area (Å²) in [4.78, 5) is 2.45. The first-order valence-corrected chi connectivity index (χ1v) is 6.83. The summed E-state index contributed by atoms with van der Waals surface area (Å²) in [6.45, 7) is 3.11. The van der Waals surface area contributed by atoms with E-state index in [1.807, 2.05) is 18.2 Å². The van der Waals surface area contributed by atoms with E-state index < -0.39 is 0 Å². The van der Waals surface area contributed by atoms with Crippen LogP contribution in [-0.2, 0) is 6.54 Å². The highest BCUT2D eigenvalue weighted by Crippen LogP contribution is 2.28. The first kappa shape index (κ1) is 12.4. The Balaban J connectivity index is 1.64. The molecule has 0 radical (unpaired) electrons. The number of hydrogen-bond acceptors (Lipinski definition) is 1. The molecule has 1 unspecified atom stereocenters. The monoisotopic (exact) mass is 255 g/mol. The van der Waals surface area contributed by atoms with Crippen molar-refractivity contribution < 1.29 is 4.39 Å². The zero-order valence-electron chi connectivity index (χ0n) is 10.9. The third-order valence-corrected chi connectivity index (χ3v) is 3.84. The van der Waals surface area contributed by atoms with E-state index >= 15 is 0 Å². The lowest BCUT2D eigenvalue weighted by Gasteiger charge is -2.16. The highest BCUT2D eigenvalue weighted by atomic mass is 19.1. The smallest absolute Gasteiger partial charge is 0.123 e. The fourth-order valence-corrected chi connectivity index (χ4v) is 2.85. The Hall–Kier alpha value is -1.67. The van der Waals surface area contributed by atoms with Crippen LogP contribution in [0.4, 0.5) is 4.39 Å². The van der Waals surface area contributed by atoms with Gasteiger partial charge in [0.2, 0.25) is 0 Å². The van der Waals surface area contributed by atoms with Crippen molar-refractivity contribution >= 4 is 0 Å².